The van der Waals surface area contributed by atoms with E-state index in [-0.39, 0.29) is 5.41 Å². The fraction of sp³-hybridized carbons (Fsp3) is 0.429. The van der Waals surface area contributed by atoms with Crippen molar-refractivity contribution in [1.82, 2.24) is 0 Å². The molecule has 0 bridgehead atoms. The van der Waals surface area contributed by atoms with Gasteiger partial charge in [-0.15, -0.1) is 0 Å². The summed E-state index contributed by atoms with van der Waals surface area (Å²) in [6.45, 7) is 9.89. The highest BCUT2D eigenvalue weighted by Crippen LogP contribution is 2.52. The average molecular weight is 440 g/mol. The molecule has 0 amide bonds. The second-order valence-corrected chi connectivity index (χ2v) is 8.14. The molecule has 2 heterocycles. The van der Waals surface area contributed by atoms with Crippen molar-refractivity contribution < 1.29 is 27.1 Å². The molecule has 1 spiro atoms. The molecule has 6 nitrogen and oxygen atoms in total. The lowest BCUT2D eigenvalue weighted by atomic mass is 9.93. The van der Waals surface area contributed by atoms with Crippen LogP contribution in [0.1, 0.15) is 27.7 Å². The van der Waals surface area contributed by atoms with Crippen LogP contribution in [0.5, 0.6) is 11.5 Å². The Morgan fingerprint density at radius 2 is 0.897 bits per heavy atom. The quantitative estimate of drug-likeness (QED) is 0.492. The van der Waals surface area contributed by atoms with E-state index in [4.69, 9.17) is 27.1 Å². The number of para-hydroxylation sites is 2. The molecule has 0 aromatic heterocycles. The van der Waals surface area contributed by atoms with Gasteiger partial charge in [-0.25, -0.2) is 0 Å². The van der Waals surface area contributed by atoms with Crippen LogP contribution in [0.15, 0.2) is 60.7 Å². The van der Waals surface area contributed by atoms with Crippen LogP contribution >= 0.6 is 17.2 Å². The van der Waals surface area contributed by atoms with Gasteiger partial charge in [-0.3, -0.25) is 0 Å². The van der Waals surface area contributed by atoms with E-state index >= 15 is 0 Å². The summed E-state index contributed by atoms with van der Waals surface area (Å²) in [6, 6.07) is 19.0. The van der Waals surface area contributed by atoms with Crippen molar-refractivity contribution in [3.8, 4) is 11.5 Å². The molecule has 2 aromatic carbocycles. The van der Waals surface area contributed by atoms with E-state index in [1.54, 1.807) is 0 Å². The Hall–Kier alpha value is -1.26. The van der Waals surface area contributed by atoms with Crippen molar-refractivity contribution in [3.05, 3.63) is 60.7 Å². The van der Waals surface area contributed by atoms with Crippen molar-refractivity contribution in [2.45, 2.75) is 27.7 Å². The molecule has 0 N–H and O–H groups in total. The summed E-state index contributed by atoms with van der Waals surface area (Å²) >= 11 is 0. The summed E-state index contributed by atoms with van der Waals surface area (Å²) in [7, 11) is -2.77. The molecule has 0 unspecified atom stereocenters. The zero-order chi connectivity index (χ0) is 21.0. The summed E-state index contributed by atoms with van der Waals surface area (Å²) in [6.07, 6.45) is 0. The fourth-order valence-electron chi connectivity index (χ4n) is 2.32. The lowest BCUT2D eigenvalue weighted by molar-refractivity contribution is -0.0672. The van der Waals surface area contributed by atoms with Crippen LogP contribution in [0.2, 0.25) is 0 Å². The van der Waals surface area contributed by atoms with Crippen molar-refractivity contribution in [1.29, 1.82) is 0 Å². The first kappa shape index (κ1) is 24.0. The van der Waals surface area contributed by atoms with Crippen molar-refractivity contribution in [3.63, 3.8) is 0 Å². The third-order valence-electron chi connectivity index (χ3n) is 3.75. The molecule has 160 valence electrons. The molecule has 4 rings (SSSR count). The van der Waals surface area contributed by atoms with Crippen LogP contribution in [0.4, 0.5) is 0 Å². The largest absolute Gasteiger partial charge is 0.427 e. The molecule has 2 saturated heterocycles. The fourth-order valence-corrected chi connectivity index (χ4v) is 4.79. The van der Waals surface area contributed by atoms with E-state index in [0.29, 0.717) is 26.4 Å². The molecular weight excluding hydrogens is 410 g/mol. The molecule has 0 atom stereocenters. The molecule has 2 aliphatic heterocycles. The second kappa shape index (κ2) is 13.1. The highest BCUT2D eigenvalue weighted by Gasteiger charge is 2.44. The van der Waals surface area contributed by atoms with Gasteiger partial charge in [0.1, 0.15) is 11.5 Å². The van der Waals surface area contributed by atoms with Gasteiger partial charge in [-0.2, -0.15) is 0 Å². The molecule has 2 fully saturated rings. The Morgan fingerprint density at radius 1 is 0.586 bits per heavy atom. The molecule has 29 heavy (non-hydrogen) atoms. The van der Waals surface area contributed by atoms with Gasteiger partial charge in [0, 0.05) is 0 Å². The number of benzene rings is 2. The zero-order valence-electron chi connectivity index (χ0n) is 17.4. The van der Waals surface area contributed by atoms with Crippen molar-refractivity contribution in [2.24, 2.45) is 5.41 Å². The number of rotatable bonds is 4. The summed E-state index contributed by atoms with van der Waals surface area (Å²) < 4.78 is 34.4. The van der Waals surface area contributed by atoms with Gasteiger partial charge in [0.25, 0.3) is 0 Å². The van der Waals surface area contributed by atoms with Crippen LogP contribution < -0.4 is 9.05 Å². The van der Waals surface area contributed by atoms with Gasteiger partial charge in [0.05, 0.1) is 31.8 Å². The summed E-state index contributed by atoms with van der Waals surface area (Å²) in [5.41, 5.74) is -0.308. The predicted octanol–water partition coefficient (Wildman–Crippen LogP) is 6.73. The molecule has 0 saturated carbocycles. The summed E-state index contributed by atoms with van der Waals surface area (Å²) in [5.74, 6) is 1.47. The standard InChI is InChI=1S/C17H18O6P2.2C2H6/c1-3-7-15(8-4-1)22-24-18-11-17(12-19-24)13-20-25(21-14-17)23-16-9-5-2-6-10-16;2*1-2/h1-10H,11-14H2;2*1-2H3. The molecule has 2 aliphatic rings. The van der Waals surface area contributed by atoms with E-state index in [0.717, 1.165) is 11.5 Å². The van der Waals surface area contributed by atoms with Crippen LogP contribution in [-0.2, 0) is 18.1 Å². The van der Waals surface area contributed by atoms with Gasteiger partial charge in [-0.05, 0) is 24.3 Å². The van der Waals surface area contributed by atoms with Crippen LogP contribution in [-0.4, -0.2) is 26.4 Å². The summed E-state index contributed by atoms with van der Waals surface area (Å²) in [4.78, 5) is 0. The smallest absolute Gasteiger partial charge is 0.397 e. The van der Waals surface area contributed by atoms with Gasteiger partial charge < -0.3 is 27.1 Å². The second-order valence-electron chi connectivity index (χ2n) is 5.85. The van der Waals surface area contributed by atoms with E-state index in [1.807, 2.05) is 88.4 Å². The van der Waals surface area contributed by atoms with Gasteiger partial charge in [-0.1, -0.05) is 64.1 Å². The Labute approximate surface area is 176 Å². The third kappa shape index (κ3) is 7.49. The SMILES string of the molecule is CC.CC.c1ccc(OP2OCC3(CO2)COP(Oc2ccccc2)OC3)cc1. The third-order valence-corrected chi connectivity index (χ3v) is 5.83. The molecule has 0 aliphatic carbocycles. The van der Waals surface area contributed by atoms with Crippen molar-refractivity contribution >= 4 is 17.2 Å². The van der Waals surface area contributed by atoms with Crippen molar-refractivity contribution in [2.75, 3.05) is 26.4 Å². The van der Waals surface area contributed by atoms with E-state index < -0.39 is 17.2 Å². The van der Waals surface area contributed by atoms with E-state index in [2.05, 4.69) is 0 Å². The zero-order valence-corrected chi connectivity index (χ0v) is 19.2. The first-order valence-corrected chi connectivity index (χ1v) is 12.1. The highest BCUT2D eigenvalue weighted by atomic mass is 31.2. The maximum atomic E-state index is 5.76. The first-order valence-electron chi connectivity index (χ1n) is 9.89. The van der Waals surface area contributed by atoms with Crippen LogP contribution in [0, 0.1) is 5.41 Å². The lowest BCUT2D eigenvalue weighted by Crippen LogP contribution is -2.45. The van der Waals surface area contributed by atoms with Gasteiger partial charge in [0.2, 0.25) is 0 Å². The maximum absolute atomic E-state index is 5.76. The normalized spacial score (nSPS) is 25.7. The number of hydrogen-bond donors (Lipinski definition) is 0. The lowest BCUT2D eigenvalue weighted by Gasteiger charge is -2.41. The number of hydrogen-bond acceptors (Lipinski definition) is 6. The first-order chi connectivity index (χ1) is 14.3. The maximum Gasteiger partial charge on any atom is 0.397 e. The molecule has 8 heteroatoms. The summed E-state index contributed by atoms with van der Waals surface area (Å²) in [5, 5.41) is 0. The van der Waals surface area contributed by atoms with Crippen LogP contribution in [0.3, 0.4) is 0 Å². The highest BCUT2D eigenvalue weighted by molar-refractivity contribution is 7.42. The molecular formula is C21H30O6P2. The monoisotopic (exact) mass is 440 g/mol. The Balaban J connectivity index is 0.000000707. The van der Waals surface area contributed by atoms with Gasteiger partial charge >= 0.3 is 17.2 Å². The van der Waals surface area contributed by atoms with Gasteiger partial charge in [0.15, 0.2) is 0 Å². The minimum atomic E-state index is -1.39. The Bertz CT molecular complexity index is 594. The molecule has 2 aromatic rings. The molecule has 0 radical (unpaired) electrons. The minimum absolute atomic E-state index is 0.308. The average Bonchev–Trinajstić information content (AvgIpc) is 2.81. The minimum Gasteiger partial charge on any atom is -0.427 e. The van der Waals surface area contributed by atoms with Crippen LogP contribution in [0.25, 0.3) is 0 Å². The Kier molecular flexibility index (Phi) is 10.9. The van der Waals surface area contributed by atoms with E-state index in [1.165, 1.54) is 0 Å². The van der Waals surface area contributed by atoms with E-state index in [9.17, 15) is 0 Å². The Morgan fingerprint density at radius 3 is 1.21 bits per heavy atom. The topological polar surface area (TPSA) is 55.4 Å². The predicted molar refractivity (Wildman–Crippen MR) is 117 cm³/mol.